The van der Waals surface area contributed by atoms with Crippen molar-refractivity contribution in [3.63, 3.8) is 0 Å². The lowest BCUT2D eigenvalue weighted by molar-refractivity contribution is 0.0827. The van der Waals surface area contributed by atoms with Crippen LogP contribution in [0, 0.1) is 5.92 Å². The molecule has 1 aromatic rings. The Labute approximate surface area is 186 Å². The molecule has 1 aromatic carbocycles. The van der Waals surface area contributed by atoms with E-state index in [1.165, 1.54) is 32.2 Å². The maximum atomic E-state index is 11.9. The Kier molecular flexibility index (Phi) is 9.01. The van der Waals surface area contributed by atoms with Crippen LogP contribution >= 0.6 is 24.0 Å². The standard InChI is InChI=1S/C21H33N5O.HI/c1-22-21(23-12-13-26(19-10-11-19)15-17-4-5-17)24-14-16-6-8-18(9-7-16)20(27)25(2)3;/h6-9,17,19H,4-5,10-15H2,1-3H3,(H2,22,23,24);1H. The van der Waals surface area contributed by atoms with E-state index in [0.29, 0.717) is 12.1 Å². The molecule has 3 rings (SSSR count). The van der Waals surface area contributed by atoms with Crippen molar-refractivity contribution >= 4 is 35.8 Å². The zero-order valence-corrected chi connectivity index (χ0v) is 19.6. The van der Waals surface area contributed by atoms with Crippen LogP contribution in [0.1, 0.15) is 41.6 Å². The minimum absolute atomic E-state index is 0. The summed E-state index contributed by atoms with van der Waals surface area (Å²) in [5.41, 5.74) is 1.84. The Hall–Kier alpha value is -1.35. The van der Waals surface area contributed by atoms with Gasteiger partial charge in [0.1, 0.15) is 0 Å². The highest BCUT2D eigenvalue weighted by atomic mass is 127. The number of halogens is 1. The van der Waals surface area contributed by atoms with Crippen molar-refractivity contribution in [3.05, 3.63) is 35.4 Å². The van der Waals surface area contributed by atoms with Crippen LogP contribution in [0.2, 0.25) is 0 Å². The fourth-order valence-corrected chi connectivity index (χ4v) is 3.24. The van der Waals surface area contributed by atoms with Crippen LogP contribution in [-0.4, -0.2) is 68.5 Å². The topological polar surface area (TPSA) is 60.0 Å². The van der Waals surface area contributed by atoms with Gasteiger partial charge in [0.2, 0.25) is 0 Å². The molecular weight excluding hydrogens is 465 g/mol. The number of hydrogen-bond acceptors (Lipinski definition) is 3. The molecular formula is C21H34IN5O. The molecule has 0 saturated heterocycles. The molecule has 0 spiro atoms. The van der Waals surface area contributed by atoms with Crippen molar-refractivity contribution < 1.29 is 4.79 Å². The first-order valence-corrected chi connectivity index (χ1v) is 10.1. The van der Waals surface area contributed by atoms with Gasteiger partial charge >= 0.3 is 0 Å². The second kappa shape index (κ2) is 11.0. The summed E-state index contributed by atoms with van der Waals surface area (Å²) in [6, 6.07) is 8.55. The quantitative estimate of drug-likeness (QED) is 0.312. The molecule has 2 fully saturated rings. The number of carbonyl (C=O) groups is 1. The van der Waals surface area contributed by atoms with E-state index in [1.54, 1.807) is 26.0 Å². The Bertz CT molecular complexity index is 653. The summed E-state index contributed by atoms with van der Waals surface area (Å²) >= 11 is 0. The lowest BCUT2D eigenvalue weighted by Gasteiger charge is -2.22. The van der Waals surface area contributed by atoms with E-state index in [1.807, 2.05) is 24.3 Å². The fourth-order valence-electron chi connectivity index (χ4n) is 3.24. The van der Waals surface area contributed by atoms with E-state index in [2.05, 4.69) is 20.5 Å². The first-order valence-electron chi connectivity index (χ1n) is 10.1. The van der Waals surface area contributed by atoms with E-state index in [0.717, 1.165) is 36.6 Å². The lowest BCUT2D eigenvalue weighted by Crippen LogP contribution is -2.42. The number of amides is 1. The molecule has 2 aliphatic carbocycles. The van der Waals surface area contributed by atoms with E-state index in [4.69, 9.17) is 0 Å². The molecule has 6 nitrogen and oxygen atoms in total. The van der Waals surface area contributed by atoms with Crippen LogP contribution in [0.4, 0.5) is 0 Å². The van der Waals surface area contributed by atoms with Crippen LogP contribution in [0.25, 0.3) is 0 Å². The smallest absolute Gasteiger partial charge is 0.253 e. The van der Waals surface area contributed by atoms with Gasteiger partial charge in [-0.25, -0.2) is 0 Å². The minimum atomic E-state index is 0. The molecule has 2 N–H and O–H groups in total. The first-order chi connectivity index (χ1) is 13.1. The maximum absolute atomic E-state index is 11.9. The van der Waals surface area contributed by atoms with Crippen molar-refractivity contribution in [2.45, 2.75) is 38.3 Å². The van der Waals surface area contributed by atoms with Crippen LogP contribution in [0.15, 0.2) is 29.3 Å². The average Bonchev–Trinajstić information content (AvgIpc) is 3.56. The van der Waals surface area contributed by atoms with Gasteiger partial charge in [0.15, 0.2) is 5.96 Å². The van der Waals surface area contributed by atoms with Crippen LogP contribution in [0.3, 0.4) is 0 Å². The highest BCUT2D eigenvalue weighted by Crippen LogP contribution is 2.34. The summed E-state index contributed by atoms with van der Waals surface area (Å²) in [5.74, 6) is 1.80. The summed E-state index contributed by atoms with van der Waals surface area (Å²) in [7, 11) is 5.34. The van der Waals surface area contributed by atoms with E-state index >= 15 is 0 Å². The Balaban J connectivity index is 0.00000280. The largest absolute Gasteiger partial charge is 0.355 e. The normalized spacial score (nSPS) is 16.5. The zero-order chi connectivity index (χ0) is 19.2. The molecule has 2 saturated carbocycles. The van der Waals surface area contributed by atoms with Crippen molar-refractivity contribution in [1.29, 1.82) is 0 Å². The average molecular weight is 499 g/mol. The lowest BCUT2D eigenvalue weighted by atomic mass is 10.1. The van der Waals surface area contributed by atoms with Gasteiger partial charge in [0.05, 0.1) is 0 Å². The highest BCUT2D eigenvalue weighted by Gasteiger charge is 2.33. The first kappa shape index (κ1) is 22.9. The Morgan fingerprint density at radius 3 is 2.32 bits per heavy atom. The molecule has 0 radical (unpaired) electrons. The van der Waals surface area contributed by atoms with Crippen LogP contribution in [0.5, 0.6) is 0 Å². The van der Waals surface area contributed by atoms with Gasteiger partial charge in [-0.2, -0.15) is 0 Å². The van der Waals surface area contributed by atoms with Gasteiger partial charge < -0.3 is 15.5 Å². The predicted molar refractivity (Wildman–Crippen MR) is 125 cm³/mol. The number of hydrogen-bond donors (Lipinski definition) is 2. The van der Waals surface area contributed by atoms with Gasteiger partial charge in [0, 0.05) is 58.9 Å². The molecule has 0 aliphatic heterocycles. The molecule has 2 aliphatic rings. The number of carbonyl (C=O) groups excluding carboxylic acids is 1. The maximum Gasteiger partial charge on any atom is 0.253 e. The number of nitrogens with one attached hydrogen (secondary N) is 2. The number of aliphatic imine (C=N–C) groups is 1. The molecule has 0 atom stereocenters. The van der Waals surface area contributed by atoms with Gasteiger partial charge in [-0.15, -0.1) is 24.0 Å². The fraction of sp³-hybridized carbons (Fsp3) is 0.619. The molecule has 28 heavy (non-hydrogen) atoms. The van der Waals surface area contributed by atoms with Crippen LogP contribution < -0.4 is 10.6 Å². The van der Waals surface area contributed by atoms with E-state index in [-0.39, 0.29) is 29.9 Å². The summed E-state index contributed by atoms with van der Waals surface area (Å²) in [6.07, 6.45) is 5.57. The summed E-state index contributed by atoms with van der Waals surface area (Å²) in [5, 5.41) is 6.78. The third kappa shape index (κ3) is 7.24. The van der Waals surface area contributed by atoms with Gasteiger partial charge in [-0.05, 0) is 49.3 Å². The number of rotatable bonds is 9. The molecule has 0 unspecified atom stereocenters. The Morgan fingerprint density at radius 1 is 1.11 bits per heavy atom. The number of guanidine groups is 1. The molecule has 7 heteroatoms. The van der Waals surface area contributed by atoms with Crippen molar-refractivity contribution in [1.82, 2.24) is 20.4 Å². The number of benzene rings is 1. The summed E-state index contributed by atoms with van der Waals surface area (Å²) < 4.78 is 0. The minimum Gasteiger partial charge on any atom is -0.355 e. The van der Waals surface area contributed by atoms with Crippen LogP contribution in [-0.2, 0) is 6.54 Å². The molecule has 1 amide bonds. The third-order valence-corrected chi connectivity index (χ3v) is 5.23. The molecule has 156 valence electrons. The number of nitrogens with zero attached hydrogens (tertiary/aromatic N) is 3. The van der Waals surface area contributed by atoms with Crippen molar-refractivity contribution in [2.75, 3.05) is 40.8 Å². The Morgan fingerprint density at radius 2 is 1.79 bits per heavy atom. The van der Waals surface area contributed by atoms with Gasteiger partial charge in [-0.1, -0.05) is 12.1 Å². The van der Waals surface area contributed by atoms with Gasteiger partial charge in [-0.3, -0.25) is 14.7 Å². The van der Waals surface area contributed by atoms with E-state index < -0.39 is 0 Å². The van der Waals surface area contributed by atoms with Crippen molar-refractivity contribution in [3.8, 4) is 0 Å². The third-order valence-electron chi connectivity index (χ3n) is 5.23. The zero-order valence-electron chi connectivity index (χ0n) is 17.3. The monoisotopic (exact) mass is 499 g/mol. The molecule has 0 bridgehead atoms. The second-order valence-electron chi connectivity index (χ2n) is 7.92. The highest BCUT2D eigenvalue weighted by molar-refractivity contribution is 14.0. The molecule has 0 heterocycles. The predicted octanol–water partition coefficient (Wildman–Crippen LogP) is 2.55. The summed E-state index contributed by atoms with van der Waals surface area (Å²) in [6.45, 7) is 3.96. The van der Waals surface area contributed by atoms with Gasteiger partial charge in [0.25, 0.3) is 5.91 Å². The van der Waals surface area contributed by atoms with Crippen molar-refractivity contribution in [2.24, 2.45) is 10.9 Å². The molecule has 0 aromatic heterocycles. The second-order valence-corrected chi connectivity index (χ2v) is 7.92. The SMILES string of the molecule is CN=C(NCCN(CC1CC1)C1CC1)NCc1ccc(C(=O)N(C)C)cc1.I. The van der Waals surface area contributed by atoms with E-state index in [9.17, 15) is 4.79 Å². The summed E-state index contributed by atoms with van der Waals surface area (Å²) in [4.78, 5) is 20.5.